The molecule has 0 bridgehead atoms. The number of fused-ring (bicyclic) bond motifs is 1. The minimum absolute atomic E-state index is 0.264. The van der Waals surface area contributed by atoms with Gasteiger partial charge in [0.2, 0.25) is 0 Å². The molecule has 98 valence electrons. The molecule has 2 atom stereocenters. The molecule has 3 nitrogen and oxygen atoms in total. The molecule has 18 heavy (non-hydrogen) atoms. The molecule has 1 aromatic carbocycles. The molecule has 0 amide bonds. The summed E-state index contributed by atoms with van der Waals surface area (Å²) >= 11 is 0. The fraction of sp³-hybridized carbons (Fsp3) is 0.467. The summed E-state index contributed by atoms with van der Waals surface area (Å²) in [6.45, 7) is 5.77. The second-order valence-corrected chi connectivity index (χ2v) is 5.23. The molecular weight excluding hydrogens is 228 g/mol. The zero-order valence-electron chi connectivity index (χ0n) is 11.3. The van der Waals surface area contributed by atoms with Crippen LogP contribution in [0.1, 0.15) is 38.0 Å². The lowest BCUT2D eigenvalue weighted by Gasteiger charge is -2.28. The van der Waals surface area contributed by atoms with Gasteiger partial charge in [-0.25, -0.2) is 0 Å². The summed E-state index contributed by atoms with van der Waals surface area (Å²) < 4.78 is 11.2. The van der Waals surface area contributed by atoms with Crippen LogP contribution in [0.4, 0.5) is 0 Å². The van der Waals surface area contributed by atoms with E-state index in [0.717, 1.165) is 16.9 Å². The third kappa shape index (κ3) is 2.57. The van der Waals surface area contributed by atoms with E-state index in [1.165, 1.54) is 0 Å². The number of aliphatic hydroxyl groups is 1. The van der Waals surface area contributed by atoms with E-state index in [2.05, 4.69) is 6.08 Å². The fourth-order valence-electron chi connectivity index (χ4n) is 2.19. The van der Waals surface area contributed by atoms with Gasteiger partial charge in [0.05, 0.1) is 6.10 Å². The zero-order valence-corrected chi connectivity index (χ0v) is 11.3. The topological polar surface area (TPSA) is 38.7 Å². The average molecular weight is 248 g/mol. The SMILES string of the molecule is COC(c1ccc2c(c1)C=CC(C)(C)O2)C(C)O. The first-order valence-electron chi connectivity index (χ1n) is 6.16. The molecule has 0 saturated carbocycles. The first kappa shape index (κ1) is 13.1. The minimum atomic E-state index is -0.544. The molecule has 0 fully saturated rings. The van der Waals surface area contributed by atoms with Gasteiger partial charge in [0.25, 0.3) is 0 Å². The van der Waals surface area contributed by atoms with Gasteiger partial charge < -0.3 is 14.6 Å². The molecule has 1 aliphatic rings. The summed E-state index contributed by atoms with van der Waals surface area (Å²) in [6, 6.07) is 5.88. The Morgan fingerprint density at radius 2 is 2.06 bits per heavy atom. The number of aliphatic hydroxyl groups excluding tert-OH is 1. The molecular formula is C15H20O3. The molecule has 0 radical (unpaired) electrons. The van der Waals surface area contributed by atoms with E-state index in [4.69, 9.17) is 9.47 Å². The highest BCUT2D eigenvalue weighted by atomic mass is 16.5. The fourth-order valence-corrected chi connectivity index (χ4v) is 2.19. The van der Waals surface area contributed by atoms with Crippen molar-refractivity contribution in [1.82, 2.24) is 0 Å². The number of hydrogen-bond donors (Lipinski definition) is 1. The highest BCUT2D eigenvalue weighted by molar-refractivity contribution is 5.62. The largest absolute Gasteiger partial charge is 0.483 e. The number of ether oxygens (including phenoxy) is 2. The predicted molar refractivity (Wildman–Crippen MR) is 71.6 cm³/mol. The molecule has 2 rings (SSSR count). The molecule has 0 aromatic heterocycles. The van der Waals surface area contributed by atoms with Crippen molar-refractivity contribution in [1.29, 1.82) is 0 Å². The van der Waals surface area contributed by atoms with E-state index in [1.54, 1.807) is 14.0 Å². The molecule has 1 aliphatic heterocycles. The second kappa shape index (κ2) is 4.75. The highest BCUT2D eigenvalue weighted by Gasteiger charge is 2.23. The highest BCUT2D eigenvalue weighted by Crippen LogP contribution is 2.33. The second-order valence-electron chi connectivity index (χ2n) is 5.23. The summed E-state index contributed by atoms with van der Waals surface area (Å²) in [6.07, 6.45) is 3.23. The molecule has 0 saturated heterocycles. The maximum atomic E-state index is 9.68. The normalized spacial score (nSPS) is 19.8. The van der Waals surface area contributed by atoms with Crippen LogP contribution in [0.25, 0.3) is 6.08 Å². The Morgan fingerprint density at radius 1 is 1.33 bits per heavy atom. The quantitative estimate of drug-likeness (QED) is 0.893. The molecule has 1 aromatic rings. The van der Waals surface area contributed by atoms with E-state index in [-0.39, 0.29) is 11.7 Å². The van der Waals surface area contributed by atoms with Gasteiger partial charge in [0, 0.05) is 12.7 Å². The Labute approximate surface area is 108 Å². The van der Waals surface area contributed by atoms with Crippen molar-refractivity contribution in [2.75, 3.05) is 7.11 Å². The molecule has 0 spiro atoms. The van der Waals surface area contributed by atoms with E-state index in [0.29, 0.717) is 0 Å². The van der Waals surface area contributed by atoms with E-state index in [9.17, 15) is 5.11 Å². The van der Waals surface area contributed by atoms with Crippen LogP contribution in [-0.2, 0) is 4.74 Å². The van der Waals surface area contributed by atoms with Crippen LogP contribution in [0.5, 0.6) is 5.75 Å². The van der Waals surface area contributed by atoms with Crippen molar-refractivity contribution < 1.29 is 14.6 Å². The van der Waals surface area contributed by atoms with Crippen molar-refractivity contribution in [2.45, 2.75) is 38.6 Å². The monoisotopic (exact) mass is 248 g/mol. The lowest BCUT2D eigenvalue weighted by Crippen LogP contribution is -2.27. The van der Waals surface area contributed by atoms with Crippen LogP contribution in [0.3, 0.4) is 0 Å². The Hall–Kier alpha value is -1.32. The summed E-state index contributed by atoms with van der Waals surface area (Å²) in [5.41, 5.74) is 1.72. The summed E-state index contributed by atoms with van der Waals surface area (Å²) in [4.78, 5) is 0. The summed E-state index contributed by atoms with van der Waals surface area (Å²) in [5, 5.41) is 9.68. The van der Waals surface area contributed by atoms with Gasteiger partial charge in [0.15, 0.2) is 0 Å². The molecule has 1 N–H and O–H groups in total. The summed E-state index contributed by atoms with van der Waals surface area (Å²) in [7, 11) is 1.60. The Kier molecular flexibility index (Phi) is 3.46. The van der Waals surface area contributed by atoms with Gasteiger partial charge in [-0.1, -0.05) is 12.1 Å². The maximum absolute atomic E-state index is 9.68. The van der Waals surface area contributed by atoms with Crippen LogP contribution in [0, 0.1) is 0 Å². The van der Waals surface area contributed by atoms with Crippen LogP contribution in [0.2, 0.25) is 0 Å². The van der Waals surface area contributed by atoms with E-state index < -0.39 is 6.10 Å². The van der Waals surface area contributed by atoms with Gasteiger partial charge in [-0.2, -0.15) is 0 Å². The van der Waals surface area contributed by atoms with Crippen molar-refractivity contribution in [3.8, 4) is 5.75 Å². The van der Waals surface area contributed by atoms with Gasteiger partial charge in [-0.15, -0.1) is 0 Å². The van der Waals surface area contributed by atoms with Crippen molar-refractivity contribution >= 4 is 6.08 Å². The molecule has 1 heterocycles. The number of rotatable bonds is 3. The van der Waals surface area contributed by atoms with Gasteiger partial charge >= 0.3 is 0 Å². The number of hydrogen-bond acceptors (Lipinski definition) is 3. The molecule has 0 aliphatic carbocycles. The first-order valence-corrected chi connectivity index (χ1v) is 6.16. The lowest BCUT2D eigenvalue weighted by atomic mass is 9.98. The molecule has 3 heteroatoms. The number of methoxy groups -OCH3 is 1. The molecule has 2 unspecified atom stereocenters. The Morgan fingerprint density at radius 3 is 2.67 bits per heavy atom. The smallest absolute Gasteiger partial charge is 0.127 e. The Balaban J connectivity index is 2.34. The van der Waals surface area contributed by atoms with Crippen molar-refractivity contribution in [3.05, 3.63) is 35.4 Å². The van der Waals surface area contributed by atoms with Crippen LogP contribution >= 0.6 is 0 Å². The Bertz CT molecular complexity index is 461. The van der Waals surface area contributed by atoms with Crippen LogP contribution in [0.15, 0.2) is 24.3 Å². The predicted octanol–water partition coefficient (Wildman–Crippen LogP) is 2.94. The third-order valence-corrected chi connectivity index (χ3v) is 3.09. The summed E-state index contributed by atoms with van der Waals surface area (Å²) in [5.74, 6) is 0.867. The maximum Gasteiger partial charge on any atom is 0.127 e. The average Bonchev–Trinajstić information content (AvgIpc) is 2.29. The van der Waals surface area contributed by atoms with Gasteiger partial charge in [0.1, 0.15) is 17.5 Å². The van der Waals surface area contributed by atoms with Crippen LogP contribution < -0.4 is 4.74 Å². The zero-order chi connectivity index (χ0) is 13.3. The van der Waals surface area contributed by atoms with Gasteiger partial charge in [-0.3, -0.25) is 0 Å². The van der Waals surface area contributed by atoms with E-state index >= 15 is 0 Å². The third-order valence-electron chi connectivity index (χ3n) is 3.09. The lowest BCUT2D eigenvalue weighted by molar-refractivity contribution is -0.00355. The number of benzene rings is 1. The van der Waals surface area contributed by atoms with Gasteiger partial charge in [-0.05, 0) is 44.5 Å². The standard InChI is InChI=1S/C15H20O3/c1-10(16)14(17-4)12-5-6-13-11(9-12)7-8-15(2,3)18-13/h5-10,14,16H,1-4H3. The van der Waals surface area contributed by atoms with Crippen LogP contribution in [-0.4, -0.2) is 23.9 Å². The van der Waals surface area contributed by atoms with E-state index in [1.807, 2.05) is 38.1 Å². The first-order chi connectivity index (χ1) is 8.43. The minimum Gasteiger partial charge on any atom is -0.483 e. The van der Waals surface area contributed by atoms with Crippen molar-refractivity contribution in [2.24, 2.45) is 0 Å². The van der Waals surface area contributed by atoms with Crippen molar-refractivity contribution in [3.63, 3.8) is 0 Å².